The fourth-order valence-electron chi connectivity index (χ4n) is 2.69. The Bertz CT molecular complexity index is 416. The third kappa shape index (κ3) is 4.44. The van der Waals surface area contributed by atoms with Gasteiger partial charge in [-0.05, 0) is 39.0 Å². The van der Waals surface area contributed by atoms with Crippen molar-refractivity contribution in [3.05, 3.63) is 0 Å². The molecule has 1 aromatic rings. The van der Waals surface area contributed by atoms with Crippen LogP contribution in [-0.4, -0.2) is 41.2 Å². The second kappa shape index (κ2) is 8.00. The second-order valence-corrected chi connectivity index (χ2v) is 5.40. The van der Waals surface area contributed by atoms with Crippen LogP contribution in [-0.2, 0) is 0 Å². The van der Waals surface area contributed by atoms with E-state index in [0.717, 1.165) is 31.5 Å². The zero-order valence-electron chi connectivity index (χ0n) is 13.4. The molecule has 1 aliphatic rings. The molecular weight excluding hydrogens is 266 g/mol. The summed E-state index contributed by atoms with van der Waals surface area (Å²) in [5, 5.41) is 3.15. The van der Waals surface area contributed by atoms with Gasteiger partial charge in [-0.2, -0.15) is 15.0 Å². The highest BCUT2D eigenvalue weighted by Crippen LogP contribution is 2.23. The molecule has 6 heteroatoms. The Balaban J connectivity index is 2.16. The monoisotopic (exact) mass is 293 g/mol. The Morgan fingerprint density at radius 2 is 2.00 bits per heavy atom. The molecule has 0 amide bonds. The van der Waals surface area contributed by atoms with Gasteiger partial charge in [0.2, 0.25) is 11.9 Å². The molecule has 0 aromatic carbocycles. The van der Waals surface area contributed by atoms with Gasteiger partial charge in [0.25, 0.3) is 0 Å². The molecule has 0 spiro atoms. The molecule has 1 aliphatic heterocycles. The number of hydrogen-bond acceptors (Lipinski definition) is 6. The van der Waals surface area contributed by atoms with E-state index in [1.807, 2.05) is 13.8 Å². The van der Waals surface area contributed by atoms with Crippen molar-refractivity contribution in [1.29, 1.82) is 0 Å². The average molecular weight is 293 g/mol. The average Bonchev–Trinajstić information content (AvgIpc) is 2.73. The maximum atomic E-state index is 5.47. The largest absolute Gasteiger partial charge is 0.464 e. The summed E-state index contributed by atoms with van der Waals surface area (Å²) in [4.78, 5) is 15.5. The second-order valence-electron chi connectivity index (χ2n) is 5.40. The summed E-state index contributed by atoms with van der Waals surface area (Å²) in [7, 11) is 0. The summed E-state index contributed by atoms with van der Waals surface area (Å²) in [5.41, 5.74) is 0. The third-order valence-corrected chi connectivity index (χ3v) is 3.92. The van der Waals surface area contributed by atoms with Crippen LogP contribution in [0.3, 0.4) is 0 Å². The molecule has 1 saturated heterocycles. The van der Waals surface area contributed by atoms with Gasteiger partial charge < -0.3 is 15.0 Å². The van der Waals surface area contributed by atoms with Crippen LogP contribution >= 0.6 is 0 Å². The van der Waals surface area contributed by atoms with Crippen LogP contribution in [0.4, 0.5) is 11.9 Å². The molecule has 1 unspecified atom stereocenters. The summed E-state index contributed by atoms with van der Waals surface area (Å²) in [6, 6.07) is 0.412. The topological polar surface area (TPSA) is 63.2 Å². The summed E-state index contributed by atoms with van der Waals surface area (Å²) in [6.07, 6.45) is 4.97. The SMILES string of the molecule is CCNc1nc(OCC)nc(N2CCCC(CC)CC2)n1. The highest BCUT2D eigenvalue weighted by molar-refractivity contribution is 5.38. The number of anilines is 2. The van der Waals surface area contributed by atoms with Gasteiger partial charge in [0.1, 0.15) is 0 Å². The van der Waals surface area contributed by atoms with E-state index < -0.39 is 0 Å². The first-order chi connectivity index (χ1) is 10.3. The van der Waals surface area contributed by atoms with E-state index in [0.29, 0.717) is 18.6 Å². The minimum absolute atomic E-state index is 0.412. The smallest absolute Gasteiger partial charge is 0.323 e. The van der Waals surface area contributed by atoms with Gasteiger partial charge in [-0.1, -0.05) is 13.3 Å². The van der Waals surface area contributed by atoms with E-state index in [4.69, 9.17) is 4.74 Å². The van der Waals surface area contributed by atoms with Crippen LogP contribution in [0.5, 0.6) is 6.01 Å². The van der Waals surface area contributed by atoms with Crippen LogP contribution in [0.15, 0.2) is 0 Å². The van der Waals surface area contributed by atoms with Crippen LogP contribution in [0.1, 0.15) is 46.5 Å². The van der Waals surface area contributed by atoms with Crippen molar-refractivity contribution < 1.29 is 4.74 Å². The number of ether oxygens (including phenoxy) is 1. The van der Waals surface area contributed by atoms with Gasteiger partial charge in [-0.3, -0.25) is 0 Å². The molecule has 2 heterocycles. The van der Waals surface area contributed by atoms with Crippen molar-refractivity contribution in [2.24, 2.45) is 5.92 Å². The molecule has 1 atom stereocenters. The van der Waals surface area contributed by atoms with Crippen LogP contribution in [0.2, 0.25) is 0 Å². The van der Waals surface area contributed by atoms with Gasteiger partial charge in [-0.15, -0.1) is 0 Å². The molecule has 21 heavy (non-hydrogen) atoms. The van der Waals surface area contributed by atoms with E-state index in [2.05, 4.69) is 32.1 Å². The molecule has 1 fully saturated rings. The molecular formula is C15H27N5O. The first-order valence-corrected chi connectivity index (χ1v) is 8.14. The van der Waals surface area contributed by atoms with Gasteiger partial charge in [0.15, 0.2) is 0 Å². The molecule has 2 rings (SSSR count). The van der Waals surface area contributed by atoms with Crippen molar-refractivity contribution in [1.82, 2.24) is 15.0 Å². The minimum atomic E-state index is 0.412. The third-order valence-electron chi connectivity index (χ3n) is 3.92. The Morgan fingerprint density at radius 1 is 1.14 bits per heavy atom. The fraction of sp³-hybridized carbons (Fsp3) is 0.800. The zero-order valence-corrected chi connectivity index (χ0v) is 13.4. The Hall–Kier alpha value is -1.59. The van der Waals surface area contributed by atoms with Crippen LogP contribution < -0.4 is 15.0 Å². The minimum Gasteiger partial charge on any atom is -0.464 e. The van der Waals surface area contributed by atoms with Crippen molar-refractivity contribution in [3.63, 3.8) is 0 Å². The molecule has 1 aromatic heterocycles. The molecule has 1 N–H and O–H groups in total. The fourth-order valence-corrected chi connectivity index (χ4v) is 2.69. The summed E-state index contributed by atoms with van der Waals surface area (Å²) < 4.78 is 5.47. The molecule has 0 saturated carbocycles. The number of hydrogen-bond donors (Lipinski definition) is 1. The first-order valence-electron chi connectivity index (χ1n) is 8.14. The Morgan fingerprint density at radius 3 is 2.71 bits per heavy atom. The predicted octanol–water partition coefficient (Wildman–Crippen LogP) is 2.72. The quantitative estimate of drug-likeness (QED) is 0.870. The van der Waals surface area contributed by atoms with Gasteiger partial charge in [0, 0.05) is 19.6 Å². The number of nitrogens with zero attached hydrogens (tertiary/aromatic N) is 4. The van der Waals surface area contributed by atoms with E-state index in [9.17, 15) is 0 Å². The molecule has 0 bridgehead atoms. The predicted molar refractivity (Wildman–Crippen MR) is 85.0 cm³/mol. The summed E-state index contributed by atoms with van der Waals surface area (Å²) >= 11 is 0. The maximum absolute atomic E-state index is 5.47. The van der Waals surface area contributed by atoms with Crippen molar-refractivity contribution in [2.75, 3.05) is 36.5 Å². The lowest BCUT2D eigenvalue weighted by Gasteiger charge is -2.21. The van der Waals surface area contributed by atoms with E-state index >= 15 is 0 Å². The molecule has 6 nitrogen and oxygen atoms in total. The van der Waals surface area contributed by atoms with Crippen LogP contribution in [0, 0.1) is 5.92 Å². The lowest BCUT2D eigenvalue weighted by Crippen LogP contribution is -2.27. The standard InChI is InChI=1S/C15H27N5O/c1-4-12-8-7-10-20(11-9-12)14-17-13(16-5-2)18-15(19-14)21-6-3/h12H,4-11H2,1-3H3,(H,16,17,18,19). The van der Waals surface area contributed by atoms with Crippen molar-refractivity contribution in [3.8, 4) is 6.01 Å². The van der Waals surface area contributed by atoms with Crippen molar-refractivity contribution >= 4 is 11.9 Å². The van der Waals surface area contributed by atoms with Gasteiger partial charge >= 0.3 is 6.01 Å². The highest BCUT2D eigenvalue weighted by Gasteiger charge is 2.19. The van der Waals surface area contributed by atoms with Crippen molar-refractivity contribution in [2.45, 2.75) is 46.5 Å². The first kappa shape index (κ1) is 15.8. The lowest BCUT2D eigenvalue weighted by atomic mass is 9.98. The lowest BCUT2D eigenvalue weighted by molar-refractivity contribution is 0.312. The van der Waals surface area contributed by atoms with Gasteiger partial charge in [-0.25, -0.2) is 0 Å². The molecule has 0 radical (unpaired) electrons. The number of aromatic nitrogens is 3. The molecule has 118 valence electrons. The molecule has 0 aliphatic carbocycles. The number of rotatable bonds is 6. The number of nitrogens with one attached hydrogen (secondary N) is 1. The van der Waals surface area contributed by atoms with E-state index in [-0.39, 0.29) is 0 Å². The van der Waals surface area contributed by atoms with Gasteiger partial charge in [0.05, 0.1) is 6.61 Å². The normalized spacial score (nSPS) is 19.2. The highest BCUT2D eigenvalue weighted by atomic mass is 16.5. The zero-order chi connectivity index (χ0) is 15.1. The Kier molecular flexibility index (Phi) is 6.02. The Labute approximate surface area is 127 Å². The van der Waals surface area contributed by atoms with Crippen LogP contribution in [0.25, 0.3) is 0 Å². The summed E-state index contributed by atoms with van der Waals surface area (Å²) in [6.45, 7) is 9.62. The van der Waals surface area contributed by atoms with E-state index in [1.54, 1.807) is 0 Å². The van der Waals surface area contributed by atoms with E-state index in [1.165, 1.54) is 25.7 Å². The maximum Gasteiger partial charge on any atom is 0.323 e. The summed E-state index contributed by atoms with van der Waals surface area (Å²) in [5.74, 6) is 2.17.